The van der Waals surface area contributed by atoms with Crippen molar-refractivity contribution in [2.75, 3.05) is 5.73 Å². The molecule has 0 unspecified atom stereocenters. The number of hydrogen-bond acceptors (Lipinski definition) is 3. The zero-order valence-corrected chi connectivity index (χ0v) is 14.2. The van der Waals surface area contributed by atoms with E-state index in [9.17, 15) is 0 Å². The van der Waals surface area contributed by atoms with Crippen LogP contribution in [0.15, 0.2) is 27.1 Å². The van der Waals surface area contributed by atoms with Crippen LogP contribution in [0.25, 0.3) is 11.4 Å². The van der Waals surface area contributed by atoms with Crippen molar-refractivity contribution >= 4 is 49.3 Å². The summed E-state index contributed by atoms with van der Waals surface area (Å²) in [6.07, 6.45) is 1.83. The molecule has 6 heteroatoms. The van der Waals surface area contributed by atoms with Crippen molar-refractivity contribution in [3.05, 3.63) is 37.9 Å². The van der Waals surface area contributed by atoms with Gasteiger partial charge in [-0.2, -0.15) is 0 Å². The van der Waals surface area contributed by atoms with Gasteiger partial charge >= 0.3 is 0 Å². The lowest BCUT2D eigenvalue weighted by molar-refractivity contribution is 0.870. The van der Waals surface area contributed by atoms with Gasteiger partial charge in [0.1, 0.15) is 5.82 Å². The summed E-state index contributed by atoms with van der Waals surface area (Å²) >= 11 is 13.0. The standard InChI is InChI=1S/C13H12Br2ClN3/c1-2-3-10-11(15)12(17)19-13(18-10)8-5-4-7(14)6-9(8)16/h4-6H,2-3H2,1H3,(H2,17,18,19). The molecule has 0 amide bonds. The van der Waals surface area contributed by atoms with E-state index < -0.39 is 0 Å². The van der Waals surface area contributed by atoms with E-state index in [1.807, 2.05) is 18.2 Å². The first kappa shape index (κ1) is 14.8. The maximum absolute atomic E-state index is 6.22. The monoisotopic (exact) mass is 403 g/mol. The molecule has 2 rings (SSSR count). The number of hydrogen-bond donors (Lipinski definition) is 1. The molecule has 0 atom stereocenters. The highest BCUT2D eigenvalue weighted by molar-refractivity contribution is 9.11. The Hall–Kier alpha value is -0.650. The van der Waals surface area contributed by atoms with E-state index in [1.54, 1.807) is 0 Å². The van der Waals surface area contributed by atoms with Crippen LogP contribution in [0.1, 0.15) is 19.0 Å². The Bertz CT molecular complexity index is 617. The Kier molecular flexibility index (Phi) is 4.81. The topological polar surface area (TPSA) is 51.8 Å². The fourth-order valence-corrected chi connectivity index (χ4v) is 2.84. The molecule has 100 valence electrons. The van der Waals surface area contributed by atoms with Gasteiger partial charge in [0, 0.05) is 10.0 Å². The summed E-state index contributed by atoms with van der Waals surface area (Å²) in [5.74, 6) is 0.995. The molecule has 0 fully saturated rings. The van der Waals surface area contributed by atoms with Gasteiger partial charge in [-0.05, 0) is 40.5 Å². The van der Waals surface area contributed by atoms with Crippen LogP contribution in [-0.2, 0) is 6.42 Å². The molecule has 0 aliphatic rings. The lowest BCUT2D eigenvalue weighted by Gasteiger charge is -2.09. The molecule has 0 radical (unpaired) electrons. The number of aromatic nitrogens is 2. The van der Waals surface area contributed by atoms with Crippen molar-refractivity contribution in [3.63, 3.8) is 0 Å². The number of nitrogens with zero attached hydrogens (tertiary/aromatic N) is 2. The Labute approximate surface area is 133 Å². The molecule has 0 saturated carbocycles. The van der Waals surface area contributed by atoms with Crippen molar-refractivity contribution in [1.82, 2.24) is 9.97 Å². The Balaban J connectivity index is 2.56. The summed E-state index contributed by atoms with van der Waals surface area (Å²) < 4.78 is 1.69. The summed E-state index contributed by atoms with van der Waals surface area (Å²) in [6, 6.07) is 5.60. The maximum Gasteiger partial charge on any atom is 0.163 e. The predicted octanol–water partition coefficient (Wildman–Crippen LogP) is 4.86. The van der Waals surface area contributed by atoms with Gasteiger partial charge in [0.05, 0.1) is 15.2 Å². The number of nitrogen functional groups attached to an aromatic ring is 1. The number of anilines is 1. The van der Waals surface area contributed by atoms with Crippen LogP contribution < -0.4 is 5.73 Å². The van der Waals surface area contributed by atoms with Crippen LogP contribution in [0.2, 0.25) is 5.02 Å². The lowest BCUT2D eigenvalue weighted by atomic mass is 10.2. The van der Waals surface area contributed by atoms with Gasteiger partial charge in [-0.25, -0.2) is 9.97 Å². The third-order valence-corrected chi connectivity index (χ3v) is 4.27. The quantitative estimate of drug-likeness (QED) is 0.794. The van der Waals surface area contributed by atoms with Crippen molar-refractivity contribution in [2.24, 2.45) is 0 Å². The Morgan fingerprint density at radius 3 is 2.63 bits per heavy atom. The minimum Gasteiger partial charge on any atom is -0.383 e. The molecule has 2 aromatic rings. The molecule has 2 N–H and O–H groups in total. The predicted molar refractivity (Wildman–Crippen MR) is 86.3 cm³/mol. The molecular weight excluding hydrogens is 393 g/mol. The zero-order valence-electron chi connectivity index (χ0n) is 10.3. The van der Waals surface area contributed by atoms with Crippen LogP contribution in [0.5, 0.6) is 0 Å². The van der Waals surface area contributed by atoms with Gasteiger partial charge in [-0.15, -0.1) is 0 Å². The highest BCUT2D eigenvalue weighted by Crippen LogP contribution is 2.31. The molecule has 19 heavy (non-hydrogen) atoms. The summed E-state index contributed by atoms with van der Waals surface area (Å²) in [5, 5.41) is 0.596. The maximum atomic E-state index is 6.22. The minimum atomic E-state index is 0.437. The average Bonchev–Trinajstić information content (AvgIpc) is 2.35. The number of benzene rings is 1. The van der Waals surface area contributed by atoms with E-state index in [1.165, 1.54) is 0 Å². The van der Waals surface area contributed by atoms with Crippen LogP contribution in [0.3, 0.4) is 0 Å². The van der Waals surface area contributed by atoms with Crippen molar-refractivity contribution in [3.8, 4) is 11.4 Å². The second-order valence-corrected chi connectivity index (χ2v) is 6.18. The van der Waals surface area contributed by atoms with Crippen molar-refractivity contribution < 1.29 is 0 Å². The number of aryl methyl sites for hydroxylation is 1. The Morgan fingerprint density at radius 2 is 2.00 bits per heavy atom. The highest BCUT2D eigenvalue weighted by Gasteiger charge is 2.13. The SMILES string of the molecule is CCCc1nc(-c2ccc(Br)cc2Cl)nc(N)c1Br. The van der Waals surface area contributed by atoms with Crippen LogP contribution >= 0.6 is 43.5 Å². The summed E-state index contributed by atoms with van der Waals surface area (Å²) in [5.41, 5.74) is 7.60. The molecular formula is C13H12Br2ClN3. The highest BCUT2D eigenvalue weighted by atomic mass is 79.9. The fourth-order valence-electron chi connectivity index (χ4n) is 1.71. The van der Waals surface area contributed by atoms with Gasteiger partial charge in [0.2, 0.25) is 0 Å². The van der Waals surface area contributed by atoms with Gasteiger partial charge < -0.3 is 5.73 Å². The molecule has 0 spiro atoms. The first-order chi connectivity index (χ1) is 9.02. The van der Waals surface area contributed by atoms with Gasteiger partial charge in [-0.1, -0.05) is 40.9 Å². The molecule has 1 heterocycles. The van der Waals surface area contributed by atoms with Crippen molar-refractivity contribution in [2.45, 2.75) is 19.8 Å². The summed E-state index contributed by atoms with van der Waals surface area (Å²) in [4.78, 5) is 8.84. The van der Waals surface area contributed by atoms with E-state index in [-0.39, 0.29) is 0 Å². The number of nitrogens with two attached hydrogens (primary N) is 1. The van der Waals surface area contributed by atoms with E-state index in [0.717, 1.165) is 33.0 Å². The van der Waals surface area contributed by atoms with Gasteiger partial charge in [0.25, 0.3) is 0 Å². The zero-order chi connectivity index (χ0) is 14.0. The van der Waals surface area contributed by atoms with Crippen LogP contribution in [-0.4, -0.2) is 9.97 Å². The van der Waals surface area contributed by atoms with E-state index >= 15 is 0 Å². The largest absolute Gasteiger partial charge is 0.383 e. The molecule has 1 aromatic heterocycles. The second-order valence-electron chi connectivity index (χ2n) is 4.07. The van der Waals surface area contributed by atoms with E-state index in [0.29, 0.717) is 16.7 Å². The summed E-state index contributed by atoms with van der Waals surface area (Å²) in [6.45, 7) is 2.09. The van der Waals surface area contributed by atoms with Gasteiger partial charge in [0.15, 0.2) is 5.82 Å². The third kappa shape index (κ3) is 3.27. The normalized spacial score (nSPS) is 10.7. The number of halogens is 3. The second kappa shape index (κ2) is 6.20. The fraction of sp³-hybridized carbons (Fsp3) is 0.231. The van der Waals surface area contributed by atoms with Crippen LogP contribution in [0.4, 0.5) is 5.82 Å². The molecule has 3 nitrogen and oxygen atoms in total. The number of rotatable bonds is 3. The molecule has 0 saturated heterocycles. The third-order valence-electron chi connectivity index (χ3n) is 2.60. The van der Waals surface area contributed by atoms with Crippen molar-refractivity contribution in [1.29, 1.82) is 0 Å². The van der Waals surface area contributed by atoms with E-state index in [2.05, 4.69) is 48.8 Å². The Morgan fingerprint density at radius 1 is 1.26 bits per heavy atom. The molecule has 0 aliphatic carbocycles. The van der Waals surface area contributed by atoms with E-state index in [4.69, 9.17) is 17.3 Å². The molecule has 1 aromatic carbocycles. The van der Waals surface area contributed by atoms with Crippen LogP contribution in [0, 0.1) is 0 Å². The smallest absolute Gasteiger partial charge is 0.163 e. The molecule has 0 aliphatic heterocycles. The summed E-state index contributed by atoms with van der Waals surface area (Å²) in [7, 11) is 0. The molecule has 0 bridgehead atoms. The average molecular weight is 406 g/mol. The lowest BCUT2D eigenvalue weighted by Crippen LogP contribution is -2.03. The first-order valence-electron chi connectivity index (χ1n) is 5.80. The first-order valence-corrected chi connectivity index (χ1v) is 7.76. The van der Waals surface area contributed by atoms with Gasteiger partial charge in [-0.3, -0.25) is 0 Å². The minimum absolute atomic E-state index is 0.437.